The maximum atomic E-state index is 12.5. The van der Waals surface area contributed by atoms with Crippen LogP contribution in [0.15, 0.2) is 42.6 Å². The monoisotopic (exact) mass is 323 g/mol. The van der Waals surface area contributed by atoms with E-state index in [0.717, 1.165) is 43.1 Å². The van der Waals surface area contributed by atoms with Gasteiger partial charge in [0.15, 0.2) is 0 Å². The molecule has 1 fully saturated rings. The normalized spacial score (nSPS) is 21.3. The summed E-state index contributed by atoms with van der Waals surface area (Å²) in [5.74, 6) is -0.247. The smallest absolute Gasteiger partial charge is 0.339 e. The average Bonchev–Trinajstić information content (AvgIpc) is 2.63. The number of ether oxygens (including phenoxy) is 1. The van der Waals surface area contributed by atoms with E-state index in [-0.39, 0.29) is 12.1 Å². The molecule has 2 aliphatic rings. The topological polar surface area (TPSA) is 45.7 Å². The zero-order valence-corrected chi connectivity index (χ0v) is 13.8. The number of likely N-dealkylation sites (N-methyl/N-ethyl adjacent to an activating group) is 1. The van der Waals surface area contributed by atoms with Gasteiger partial charge >= 0.3 is 5.97 Å². The Hall–Kier alpha value is -2.40. The lowest BCUT2D eigenvalue weighted by Gasteiger charge is -2.34. The van der Waals surface area contributed by atoms with E-state index in [0.29, 0.717) is 12.0 Å². The first-order valence-electron chi connectivity index (χ1n) is 8.39. The Balaban J connectivity index is 1.58. The summed E-state index contributed by atoms with van der Waals surface area (Å²) in [6, 6.07) is 11.9. The van der Waals surface area contributed by atoms with Gasteiger partial charge in [0.1, 0.15) is 6.10 Å². The van der Waals surface area contributed by atoms with Crippen molar-refractivity contribution >= 4 is 11.7 Å². The first-order chi connectivity index (χ1) is 11.7. The number of fused-ring (bicyclic) bond motifs is 1. The highest BCUT2D eigenvalue weighted by Gasteiger charge is 2.29. The first-order valence-corrected chi connectivity index (χ1v) is 8.39. The molecule has 0 N–H and O–H groups in total. The number of anilines is 1. The average molecular weight is 323 g/mol. The van der Waals surface area contributed by atoms with Crippen molar-refractivity contribution in [1.82, 2.24) is 9.88 Å². The molecule has 4 rings (SSSR count). The van der Waals surface area contributed by atoms with Gasteiger partial charge in [-0.2, -0.15) is 0 Å². The molecule has 0 bridgehead atoms. The third-order valence-corrected chi connectivity index (χ3v) is 4.85. The third kappa shape index (κ3) is 2.87. The molecule has 0 amide bonds. The van der Waals surface area contributed by atoms with E-state index in [2.05, 4.69) is 34.0 Å². The van der Waals surface area contributed by atoms with Gasteiger partial charge in [-0.25, -0.2) is 4.79 Å². The van der Waals surface area contributed by atoms with Crippen molar-refractivity contribution in [2.24, 2.45) is 0 Å². The maximum absolute atomic E-state index is 12.5. The third-order valence-electron chi connectivity index (χ3n) is 4.85. The van der Waals surface area contributed by atoms with E-state index in [1.807, 2.05) is 24.3 Å². The Labute approximate surface area is 141 Å². The summed E-state index contributed by atoms with van der Waals surface area (Å²) in [7, 11) is 2.14. The quantitative estimate of drug-likeness (QED) is 0.794. The van der Waals surface area contributed by atoms with Crippen LogP contribution in [0.4, 0.5) is 5.69 Å². The number of hydrogen-bond donors (Lipinski definition) is 0. The fourth-order valence-electron chi connectivity index (χ4n) is 3.36. The summed E-state index contributed by atoms with van der Waals surface area (Å²) >= 11 is 0. The number of aromatic nitrogens is 1. The molecule has 3 heterocycles. The Morgan fingerprint density at radius 1 is 1.12 bits per heavy atom. The lowest BCUT2D eigenvalue weighted by Crippen LogP contribution is -2.44. The molecule has 5 heteroatoms. The summed E-state index contributed by atoms with van der Waals surface area (Å²) in [6.45, 7) is 4.06. The Kier molecular flexibility index (Phi) is 3.94. The lowest BCUT2D eigenvalue weighted by molar-refractivity contribution is 0.0243. The molecule has 2 aliphatic heterocycles. The van der Waals surface area contributed by atoms with Gasteiger partial charge in [-0.15, -0.1) is 0 Å². The molecule has 0 aliphatic carbocycles. The second-order valence-electron chi connectivity index (χ2n) is 6.48. The molecule has 1 atom stereocenters. The Morgan fingerprint density at radius 2 is 1.96 bits per heavy atom. The fourth-order valence-corrected chi connectivity index (χ4v) is 3.36. The van der Waals surface area contributed by atoms with Gasteiger partial charge < -0.3 is 14.5 Å². The summed E-state index contributed by atoms with van der Waals surface area (Å²) in [6.07, 6.45) is 2.12. The van der Waals surface area contributed by atoms with E-state index in [1.165, 1.54) is 0 Å². The van der Waals surface area contributed by atoms with Crippen LogP contribution < -0.4 is 4.90 Å². The molecule has 0 spiro atoms. The highest BCUT2D eigenvalue weighted by molar-refractivity contribution is 5.93. The SMILES string of the molecule is CN1CCN(c2ccc3c(c2)C(=O)OC(c2ccccn2)C3)CC1. The van der Waals surface area contributed by atoms with E-state index in [9.17, 15) is 4.79 Å². The van der Waals surface area contributed by atoms with Gasteiger partial charge in [0.25, 0.3) is 0 Å². The van der Waals surface area contributed by atoms with E-state index < -0.39 is 0 Å². The van der Waals surface area contributed by atoms with E-state index in [4.69, 9.17) is 4.74 Å². The molecule has 24 heavy (non-hydrogen) atoms. The molecule has 124 valence electrons. The molecule has 0 saturated carbocycles. The molecule has 0 radical (unpaired) electrons. The molecular formula is C19H21N3O2. The van der Waals surface area contributed by atoms with Crippen LogP contribution in [0.3, 0.4) is 0 Å². The summed E-state index contributed by atoms with van der Waals surface area (Å²) < 4.78 is 5.63. The predicted octanol–water partition coefficient (Wildman–Crippen LogP) is 2.29. The molecule has 1 unspecified atom stereocenters. The van der Waals surface area contributed by atoms with Gasteiger partial charge in [-0.1, -0.05) is 12.1 Å². The van der Waals surface area contributed by atoms with E-state index >= 15 is 0 Å². The highest BCUT2D eigenvalue weighted by atomic mass is 16.5. The molecular weight excluding hydrogens is 302 g/mol. The van der Waals surface area contributed by atoms with Crippen LogP contribution in [-0.4, -0.2) is 49.1 Å². The van der Waals surface area contributed by atoms with Gasteiger partial charge in [-0.3, -0.25) is 4.98 Å². The number of carbonyl (C=O) groups excluding carboxylic acids is 1. The van der Waals surface area contributed by atoms with Gasteiger partial charge in [-0.05, 0) is 36.9 Å². The van der Waals surface area contributed by atoms with Crippen LogP contribution in [0, 0.1) is 0 Å². The van der Waals surface area contributed by atoms with Crippen molar-refractivity contribution in [1.29, 1.82) is 0 Å². The number of nitrogens with zero attached hydrogens (tertiary/aromatic N) is 3. The van der Waals surface area contributed by atoms with Gasteiger partial charge in [0.05, 0.1) is 11.3 Å². The largest absolute Gasteiger partial charge is 0.452 e. The van der Waals surface area contributed by atoms with Crippen molar-refractivity contribution in [2.45, 2.75) is 12.5 Å². The number of carbonyl (C=O) groups is 1. The van der Waals surface area contributed by atoms with Crippen LogP contribution in [-0.2, 0) is 11.2 Å². The maximum Gasteiger partial charge on any atom is 0.339 e. The minimum atomic E-state index is -0.291. The lowest BCUT2D eigenvalue weighted by atomic mass is 9.96. The predicted molar refractivity (Wildman–Crippen MR) is 92.2 cm³/mol. The number of cyclic esters (lactones) is 1. The van der Waals surface area contributed by atoms with Crippen molar-refractivity contribution in [3.05, 3.63) is 59.4 Å². The summed E-state index contributed by atoms with van der Waals surface area (Å²) in [5, 5.41) is 0. The Bertz CT molecular complexity index is 740. The number of benzene rings is 1. The minimum Gasteiger partial charge on any atom is -0.452 e. The van der Waals surface area contributed by atoms with Crippen molar-refractivity contribution in [3.8, 4) is 0 Å². The first kappa shape index (κ1) is 15.1. The van der Waals surface area contributed by atoms with Crippen LogP contribution >= 0.6 is 0 Å². The zero-order chi connectivity index (χ0) is 16.5. The molecule has 5 nitrogen and oxygen atoms in total. The second-order valence-corrected chi connectivity index (χ2v) is 6.48. The number of pyridine rings is 1. The number of hydrogen-bond acceptors (Lipinski definition) is 5. The number of piperazine rings is 1. The number of esters is 1. The molecule has 1 aromatic heterocycles. The minimum absolute atomic E-state index is 0.247. The summed E-state index contributed by atoms with van der Waals surface area (Å²) in [4.78, 5) is 21.4. The van der Waals surface area contributed by atoms with Crippen LogP contribution in [0.25, 0.3) is 0 Å². The van der Waals surface area contributed by atoms with Crippen LogP contribution in [0.1, 0.15) is 27.7 Å². The molecule has 1 saturated heterocycles. The zero-order valence-electron chi connectivity index (χ0n) is 13.8. The van der Waals surface area contributed by atoms with E-state index in [1.54, 1.807) is 6.20 Å². The van der Waals surface area contributed by atoms with Gasteiger partial charge in [0, 0.05) is 44.5 Å². The fraction of sp³-hybridized carbons (Fsp3) is 0.368. The molecule has 2 aromatic rings. The van der Waals surface area contributed by atoms with Crippen LogP contribution in [0.2, 0.25) is 0 Å². The summed E-state index contributed by atoms with van der Waals surface area (Å²) in [5.41, 5.74) is 3.65. The number of rotatable bonds is 2. The standard InChI is InChI=1S/C19H21N3O2/c1-21-8-10-22(11-9-21)15-6-5-14-12-18(17-4-2-3-7-20-17)24-19(23)16(14)13-15/h2-7,13,18H,8-12H2,1H3. The van der Waals surface area contributed by atoms with Gasteiger partial charge in [0.2, 0.25) is 0 Å². The highest BCUT2D eigenvalue weighted by Crippen LogP contribution is 2.32. The Morgan fingerprint density at radius 3 is 2.71 bits per heavy atom. The van der Waals surface area contributed by atoms with Crippen LogP contribution in [0.5, 0.6) is 0 Å². The van der Waals surface area contributed by atoms with Crippen molar-refractivity contribution in [2.75, 3.05) is 38.1 Å². The second kappa shape index (κ2) is 6.24. The van der Waals surface area contributed by atoms with Crippen molar-refractivity contribution in [3.63, 3.8) is 0 Å². The van der Waals surface area contributed by atoms with Crippen molar-refractivity contribution < 1.29 is 9.53 Å². The molecule has 1 aromatic carbocycles.